The van der Waals surface area contributed by atoms with E-state index in [0.717, 1.165) is 24.6 Å². The Morgan fingerprint density at radius 3 is 3.00 bits per heavy atom. The third-order valence-corrected chi connectivity index (χ3v) is 3.40. The van der Waals surface area contributed by atoms with Crippen LogP contribution < -0.4 is 10.6 Å². The molecule has 1 aromatic heterocycles. The first-order chi connectivity index (χ1) is 6.88. The third kappa shape index (κ3) is 2.45. The second kappa shape index (κ2) is 4.75. The van der Waals surface area contributed by atoms with E-state index in [1.54, 1.807) is 11.3 Å². The minimum Gasteiger partial charge on any atom is -0.359 e. The highest BCUT2D eigenvalue weighted by atomic mass is 32.1. The zero-order valence-electron chi connectivity index (χ0n) is 8.55. The molecule has 1 aliphatic heterocycles. The van der Waals surface area contributed by atoms with Crippen LogP contribution in [0.2, 0.25) is 0 Å². The van der Waals surface area contributed by atoms with Crippen LogP contribution in [0.5, 0.6) is 0 Å². The van der Waals surface area contributed by atoms with Crippen molar-refractivity contribution in [3.8, 4) is 0 Å². The van der Waals surface area contributed by atoms with E-state index in [1.165, 1.54) is 18.5 Å². The quantitative estimate of drug-likeness (QED) is 0.801. The van der Waals surface area contributed by atoms with E-state index >= 15 is 0 Å². The van der Waals surface area contributed by atoms with E-state index in [1.807, 2.05) is 0 Å². The van der Waals surface area contributed by atoms with Crippen molar-refractivity contribution in [3.63, 3.8) is 0 Å². The number of thiazole rings is 1. The average molecular weight is 211 g/mol. The zero-order valence-corrected chi connectivity index (χ0v) is 9.36. The van der Waals surface area contributed by atoms with Crippen LogP contribution >= 0.6 is 11.3 Å². The smallest absolute Gasteiger partial charge is 0.183 e. The van der Waals surface area contributed by atoms with Gasteiger partial charge < -0.3 is 10.6 Å². The van der Waals surface area contributed by atoms with Crippen molar-refractivity contribution in [2.75, 3.05) is 18.4 Å². The number of nitrogens with one attached hydrogen (secondary N) is 2. The van der Waals surface area contributed by atoms with Crippen molar-refractivity contribution >= 4 is 16.5 Å². The van der Waals surface area contributed by atoms with Gasteiger partial charge >= 0.3 is 0 Å². The predicted molar refractivity (Wildman–Crippen MR) is 61.0 cm³/mol. The van der Waals surface area contributed by atoms with Gasteiger partial charge in [0.2, 0.25) is 0 Å². The van der Waals surface area contributed by atoms with Gasteiger partial charge in [0.1, 0.15) is 0 Å². The van der Waals surface area contributed by atoms with Crippen molar-refractivity contribution < 1.29 is 0 Å². The van der Waals surface area contributed by atoms with Crippen LogP contribution in [0.25, 0.3) is 0 Å². The lowest BCUT2D eigenvalue weighted by Gasteiger charge is -2.23. The van der Waals surface area contributed by atoms with Gasteiger partial charge in [-0.3, -0.25) is 0 Å². The summed E-state index contributed by atoms with van der Waals surface area (Å²) >= 11 is 1.73. The normalized spacial score (nSPS) is 18.4. The molecule has 78 valence electrons. The molecule has 2 heterocycles. The zero-order chi connectivity index (χ0) is 9.80. The molecule has 0 radical (unpaired) electrons. The average Bonchev–Trinajstić information content (AvgIpc) is 2.67. The Labute approximate surface area is 88.9 Å². The van der Waals surface area contributed by atoms with Crippen LogP contribution in [0.3, 0.4) is 0 Å². The molecular weight excluding hydrogens is 194 g/mol. The lowest BCUT2D eigenvalue weighted by atomic mass is 10.1. The van der Waals surface area contributed by atoms with Crippen LogP contribution in [-0.4, -0.2) is 24.1 Å². The summed E-state index contributed by atoms with van der Waals surface area (Å²) in [6.07, 6.45) is 3.45. The van der Waals surface area contributed by atoms with Gasteiger partial charge in [-0.05, 0) is 32.4 Å². The molecule has 1 aliphatic rings. The summed E-state index contributed by atoms with van der Waals surface area (Å²) in [6.45, 7) is 4.40. The maximum absolute atomic E-state index is 4.51. The molecule has 1 saturated heterocycles. The maximum atomic E-state index is 4.51. The number of nitrogens with zero attached hydrogens (tertiary/aromatic N) is 1. The first-order valence-corrected chi connectivity index (χ1v) is 6.18. The Morgan fingerprint density at radius 1 is 1.57 bits per heavy atom. The summed E-state index contributed by atoms with van der Waals surface area (Å²) in [5.74, 6) is 0. The Morgan fingerprint density at radius 2 is 2.36 bits per heavy atom. The molecule has 1 fully saturated rings. The Kier molecular flexibility index (Phi) is 3.37. The molecule has 0 amide bonds. The molecule has 14 heavy (non-hydrogen) atoms. The van der Waals surface area contributed by atoms with Gasteiger partial charge in [-0.15, -0.1) is 11.3 Å². The fourth-order valence-corrected chi connectivity index (χ4v) is 2.55. The van der Waals surface area contributed by atoms with Crippen molar-refractivity contribution in [1.82, 2.24) is 10.3 Å². The summed E-state index contributed by atoms with van der Waals surface area (Å²) in [5.41, 5.74) is 1.20. The highest BCUT2D eigenvalue weighted by Crippen LogP contribution is 2.18. The van der Waals surface area contributed by atoms with Crippen molar-refractivity contribution in [3.05, 3.63) is 11.1 Å². The molecule has 2 rings (SSSR count). The second-order valence-corrected chi connectivity index (χ2v) is 4.52. The van der Waals surface area contributed by atoms with E-state index in [2.05, 4.69) is 27.9 Å². The molecule has 2 N–H and O–H groups in total. The Balaban J connectivity index is 1.89. The number of aryl methyl sites for hydroxylation is 1. The van der Waals surface area contributed by atoms with E-state index in [-0.39, 0.29) is 0 Å². The Hall–Kier alpha value is -0.610. The van der Waals surface area contributed by atoms with E-state index < -0.39 is 0 Å². The molecule has 0 unspecified atom stereocenters. The molecule has 0 spiro atoms. The van der Waals surface area contributed by atoms with Crippen LogP contribution in [-0.2, 0) is 6.42 Å². The number of hydrogen-bond donors (Lipinski definition) is 2. The van der Waals surface area contributed by atoms with Crippen molar-refractivity contribution in [1.29, 1.82) is 0 Å². The number of rotatable bonds is 3. The fourth-order valence-electron chi connectivity index (χ4n) is 1.68. The SMILES string of the molecule is CCc1csc(NC2CCNCC2)n1. The fraction of sp³-hybridized carbons (Fsp3) is 0.700. The molecule has 4 heteroatoms. The molecule has 0 bridgehead atoms. The molecule has 0 saturated carbocycles. The highest BCUT2D eigenvalue weighted by Gasteiger charge is 2.13. The van der Waals surface area contributed by atoms with Gasteiger partial charge in [0, 0.05) is 11.4 Å². The number of anilines is 1. The minimum atomic E-state index is 0.618. The van der Waals surface area contributed by atoms with Gasteiger partial charge in [-0.2, -0.15) is 0 Å². The molecule has 0 aliphatic carbocycles. The predicted octanol–water partition coefficient (Wildman–Crippen LogP) is 1.87. The van der Waals surface area contributed by atoms with Crippen molar-refractivity contribution in [2.45, 2.75) is 32.2 Å². The lowest BCUT2D eigenvalue weighted by Crippen LogP contribution is -2.35. The number of aromatic nitrogens is 1. The van der Waals surface area contributed by atoms with Gasteiger partial charge in [0.05, 0.1) is 5.69 Å². The molecular formula is C10H17N3S. The second-order valence-electron chi connectivity index (χ2n) is 3.67. The first kappa shape index (κ1) is 9.93. The van der Waals surface area contributed by atoms with Crippen LogP contribution in [0, 0.1) is 0 Å². The lowest BCUT2D eigenvalue weighted by molar-refractivity contribution is 0.479. The Bertz CT molecular complexity index is 279. The molecule has 3 nitrogen and oxygen atoms in total. The summed E-state index contributed by atoms with van der Waals surface area (Å²) in [7, 11) is 0. The first-order valence-electron chi connectivity index (χ1n) is 5.30. The molecule has 1 aromatic rings. The molecule has 0 aromatic carbocycles. The van der Waals surface area contributed by atoms with Gasteiger partial charge in [0.25, 0.3) is 0 Å². The van der Waals surface area contributed by atoms with E-state index in [4.69, 9.17) is 0 Å². The standard InChI is InChI=1S/C10H17N3S/c1-2-8-7-14-10(12-8)13-9-3-5-11-6-4-9/h7,9,11H,2-6H2,1H3,(H,12,13). The number of piperidine rings is 1. The van der Waals surface area contributed by atoms with Crippen molar-refractivity contribution in [2.24, 2.45) is 0 Å². The van der Waals surface area contributed by atoms with E-state index in [9.17, 15) is 0 Å². The number of hydrogen-bond acceptors (Lipinski definition) is 4. The highest BCUT2D eigenvalue weighted by molar-refractivity contribution is 7.13. The summed E-state index contributed by atoms with van der Waals surface area (Å²) in [5, 5.41) is 10.1. The van der Waals surface area contributed by atoms with Gasteiger partial charge in [-0.1, -0.05) is 6.92 Å². The van der Waals surface area contributed by atoms with Gasteiger partial charge in [-0.25, -0.2) is 4.98 Å². The van der Waals surface area contributed by atoms with Crippen LogP contribution in [0.15, 0.2) is 5.38 Å². The summed E-state index contributed by atoms with van der Waals surface area (Å²) < 4.78 is 0. The minimum absolute atomic E-state index is 0.618. The van der Waals surface area contributed by atoms with Gasteiger partial charge in [0.15, 0.2) is 5.13 Å². The monoisotopic (exact) mass is 211 g/mol. The molecule has 0 atom stereocenters. The summed E-state index contributed by atoms with van der Waals surface area (Å²) in [4.78, 5) is 4.51. The van der Waals surface area contributed by atoms with E-state index in [0.29, 0.717) is 6.04 Å². The third-order valence-electron chi connectivity index (χ3n) is 2.58. The maximum Gasteiger partial charge on any atom is 0.183 e. The topological polar surface area (TPSA) is 37.0 Å². The summed E-state index contributed by atoms with van der Waals surface area (Å²) in [6, 6.07) is 0.618. The largest absolute Gasteiger partial charge is 0.359 e. The van der Waals surface area contributed by atoms with Crippen LogP contribution in [0.4, 0.5) is 5.13 Å². The van der Waals surface area contributed by atoms with Crippen LogP contribution in [0.1, 0.15) is 25.5 Å².